The van der Waals surface area contributed by atoms with E-state index in [0.717, 1.165) is 93.5 Å². The molecule has 0 amide bonds. The lowest BCUT2D eigenvalue weighted by molar-refractivity contribution is -0.392. The molecule has 2 aromatic carbocycles. The van der Waals surface area contributed by atoms with Crippen molar-refractivity contribution in [3.8, 4) is 0 Å². The van der Waals surface area contributed by atoms with E-state index in [1.165, 1.54) is 0 Å². The van der Waals surface area contributed by atoms with Crippen molar-refractivity contribution in [1.29, 1.82) is 0 Å². The fourth-order valence-corrected chi connectivity index (χ4v) is 16.4. The number of aliphatic hydroxyl groups is 1. The zero-order valence-corrected chi connectivity index (χ0v) is 57.7. The molecule has 0 unspecified atom stereocenters. The maximum absolute atomic E-state index is 13.7. The number of carbonyl (C=O) groups excluding carboxylic acids is 12. The van der Waals surface area contributed by atoms with Crippen LogP contribution in [0.15, 0.2) is 60.7 Å². The molecule has 0 aromatic heterocycles. The molecule has 0 spiro atoms. The van der Waals surface area contributed by atoms with Crippen LogP contribution in [0.5, 0.6) is 0 Å². The third kappa shape index (κ3) is 21.0. The Morgan fingerprint density at radius 1 is 0.327 bits per heavy atom. The summed E-state index contributed by atoms with van der Waals surface area (Å²) in [7, 11) is -3.73. The van der Waals surface area contributed by atoms with Crippen LogP contribution in [0.1, 0.15) is 104 Å². The molecule has 34 heteroatoms. The summed E-state index contributed by atoms with van der Waals surface area (Å²) in [5, 5.41) is 13.0. The van der Waals surface area contributed by atoms with Crippen LogP contribution in [0.25, 0.3) is 0 Å². The molecule has 4 aliphatic heterocycles. The SMILES string of the molecule is CC(=O)OC[C@H]1O[C@@H](O[C@H]2[C@H](OC(C)=O)[C@@H](OC(C)=O)[C@H](O[C@H]3[C@H](O[C@H]4O[C@H](COC(C)=O)[C@@H](OC(C)=O)[C@H](OC(C)=O)[C@@H]4OC(C)=O)[C@H](OC(C)=O)[C@@H](O)O[C@@H]3CO[Si](c3ccccc3)(c3ccccc3)C(C)(C)C)O[C@@H]2COC(C)=O)[C@H](OC(C)=O)[C@@H](OC(C)=O)[C@H]1OC(C)=O. The van der Waals surface area contributed by atoms with Gasteiger partial charge in [-0.05, 0) is 15.4 Å². The monoisotopic (exact) mass is 1410 g/mol. The van der Waals surface area contributed by atoms with Gasteiger partial charge in [0, 0.05) is 83.1 Å². The van der Waals surface area contributed by atoms with Crippen molar-refractivity contribution in [2.24, 2.45) is 0 Å². The van der Waals surface area contributed by atoms with Gasteiger partial charge in [-0.3, -0.25) is 57.5 Å². The highest BCUT2D eigenvalue weighted by atomic mass is 28.4. The second-order valence-corrected chi connectivity index (χ2v) is 28.4. The van der Waals surface area contributed by atoms with Gasteiger partial charge in [0.15, 0.2) is 80.1 Å². The molecule has 2 aromatic rings. The summed E-state index contributed by atoms with van der Waals surface area (Å²) in [6.45, 7) is 14.4. The zero-order chi connectivity index (χ0) is 72.7. The Labute approximate surface area is 564 Å². The van der Waals surface area contributed by atoms with Crippen molar-refractivity contribution < 1.29 is 157 Å². The van der Waals surface area contributed by atoms with Crippen LogP contribution in [-0.2, 0) is 152 Å². The smallest absolute Gasteiger partial charge is 0.303 e. The van der Waals surface area contributed by atoms with E-state index in [0.29, 0.717) is 0 Å². The molecular formula is C64H84O33Si. The Hall–Kier alpha value is -8.06. The van der Waals surface area contributed by atoms with Gasteiger partial charge in [-0.2, -0.15) is 0 Å². The van der Waals surface area contributed by atoms with E-state index >= 15 is 0 Å². The molecule has 542 valence electrons. The van der Waals surface area contributed by atoms with Crippen molar-refractivity contribution in [2.75, 3.05) is 26.4 Å². The molecule has 4 aliphatic rings. The summed E-state index contributed by atoms with van der Waals surface area (Å²) >= 11 is 0. The molecule has 4 fully saturated rings. The minimum atomic E-state index is -3.73. The number of ether oxygens (including phenoxy) is 19. The van der Waals surface area contributed by atoms with Gasteiger partial charge in [-0.25, -0.2) is 0 Å². The average Bonchev–Trinajstić information content (AvgIpc) is 0.756. The van der Waals surface area contributed by atoms with Crippen molar-refractivity contribution >= 4 is 90.3 Å². The molecular weight excluding hydrogens is 1320 g/mol. The lowest BCUT2D eigenvalue weighted by Gasteiger charge is -2.51. The Balaban J connectivity index is 1.64. The predicted octanol–water partition coefficient (Wildman–Crippen LogP) is 0.685. The first-order valence-corrected chi connectivity index (χ1v) is 32.9. The fourth-order valence-electron chi connectivity index (χ4n) is 11.8. The van der Waals surface area contributed by atoms with Crippen molar-refractivity contribution in [1.82, 2.24) is 0 Å². The summed E-state index contributed by atoms with van der Waals surface area (Å²) in [6.07, 6.45) is -39.4. The van der Waals surface area contributed by atoms with E-state index in [1.54, 1.807) is 36.4 Å². The van der Waals surface area contributed by atoms with Gasteiger partial charge in [-0.1, -0.05) is 81.4 Å². The van der Waals surface area contributed by atoms with Crippen LogP contribution in [0, 0.1) is 0 Å². The van der Waals surface area contributed by atoms with Crippen molar-refractivity contribution in [3.63, 3.8) is 0 Å². The Morgan fingerprint density at radius 2 is 0.582 bits per heavy atom. The number of hydrogen-bond acceptors (Lipinski definition) is 33. The summed E-state index contributed by atoms with van der Waals surface area (Å²) in [5.41, 5.74) is 0. The lowest BCUT2D eigenvalue weighted by atomic mass is 9.94. The first-order valence-electron chi connectivity index (χ1n) is 31.0. The molecule has 6 rings (SSSR count). The molecule has 0 aliphatic carbocycles. The van der Waals surface area contributed by atoms with Crippen LogP contribution in [-0.4, -0.2) is 234 Å². The van der Waals surface area contributed by atoms with E-state index in [-0.39, 0.29) is 0 Å². The predicted molar refractivity (Wildman–Crippen MR) is 325 cm³/mol. The Kier molecular flexibility index (Phi) is 28.3. The number of rotatable bonds is 26. The molecule has 4 heterocycles. The zero-order valence-electron chi connectivity index (χ0n) is 56.7. The van der Waals surface area contributed by atoms with Crippen molar-refractivity contribution in [3.05, 3.63) is 60.7 Å². The van der Waals surface area contributed by atoms with Gasteiger partial charge in [0.1, 0.15) is 62.5 Å². The van der Waals surface area contributed by atoms with Crippen LogP contribution >= 0.6 is 0 Å². The summed E-state index contributed by atoms with van der Waals surface area (Å²) in [5.74, 6) is -12.2. The molecule has 4 saturated heterocycles. The highest BCUT2D eigenvalue weighted by molar-refractivity contribution is 6.99. The van der Waals surface area contributed by atoms with Gasteiger partial charge in [0.25, 0.3) is 8.32 Å². The first-order chi connectivity index (χ1) is 46.0. The second-order valence-electron chi connectivity index (χ2n) is 24.0. The normalized spacial score (nSPS) is 30.1. The summed E-state index contributed by atoms with van der Waals surface area (Å²) < 4.78 is 121. The minimum absolute atomic E-state index is 0.635. The standard InChI is InChI=1S/C64H84O33Si/c1-30(65)78-26-44-48(82-33(4)68)53(84-35(6)70)57(88-39(10)74)61(92-44)95-50-46(28-80-32(3)67)94-62(59(90-41(12)76)55(50)86-37(8)72)96-51-47(29-81-98(64(13,14)15,42-22-18-16-19-23-42)43-24-20-17-21-25-43)91-60(77)56(87-38(9)73)52(51)97-63-58(89-40(11)75)54(85-36(7)71)49(83-34(5)69)45(93-63)27-79-31(2)66/h16-25,44-63,77H,26-29H2,1-15H3/t44-,45-,46-,47-,48+,49-,50-,51-,52+,53+,54+,55+,56+,57-,58+,59-,60+,61+,62+,63-/m1/s1. The Bertz CT molecular complexity index is 3100. The number of esters is 12. The summed E-state index contributed by atoms with van der Waals surface area (Å²) in [4.78, 5) is 156. The largest absolute Gasteiger partial charge is 0.463 e. The van der Waals surface area contributed by atoms with Crippen LogP contribution in [0.2, 0.25) is 5.04 Å². The van der Waals surface area contributed by atoms with Gasteiger partial charge in [0.2, 0.25) is 0 Å². The lowest BCUT2D eigenvalue weighted by Crippen LogP contribution is -2.71. The molecule has 0 bridgehead atoms. The molecule has 1 N–H and O–H groups in total. The number of hydrogen-bond donors (Lipinski definition) is 1. The number of carbonyl (C=O) groups is 12. The van der Waals surface area contributed by atoms with Crippen LogP contribution in [0.4, 0.5) is 0 Å². The fraction of sp³-hybridized carbons (Fsp3) is 0.625. The highest BCUT2D eigenvalue weighted by Crippen LogP contribution is 2.42. The molecule has 20 atom stereocenters. The highest BCUT2D eigenvalue weighted by Gasteiger charge is 2.62. The third-order valence-corrected chi connectivity index (χ3v) is 20.2. The van der Waals surface area contributed by atoms with Gasteiger partial charge < -0.3 is 99.5 Å². The Morgan fingerprint density at radius 3 is 0.888 bits per heavy atom. The molecule has 98 heavy (non-hydrogen) atoms. The van der Waals surface area contributed by atoms with Gasteiger partial charge in [0.05, 0.1) is 6.61 Å². The van der Waals surface area contributed by atoms with Crippen molar-refractivity contribution in [2.45, 2.75) is 232 Å². The minimum Gasteiger partial charge on any atom is -0.463 e. The van der Waals surface area contributed by atoms with Gasteiger partial charge in [-0.15, -0.1) is 0 Å². The van der Waals surface area contributed by atoms with Gasteiger partial charge >= 0.3 is 71.6 Å². The molecule has 0 radical (unpaired) electrons. The van der Waals surface area contributed by atoms with Crippen LogP contribution < -0.4 is 10.4 Å². The summed E-state index contributed by atoms with van der Waals surface area (Å²) in [6, 6.07) is 18.3. The number of benzene rings is 2. The maximum Gasteiger partial charge on any atom is 0.303 e. The van der Waals surface area contributed by atoms with E-state index < -0.39 is 234 Å². The van der Waals surface area contributed by atoms with E-state index in [4.69, 9.17) is 94.4 Å². The van der Waals surface area contributed by atoms with E-state index in [2.05, 4.69) is 0 Å². The molecule has 33 nitrogen and oxygen atoms in total. The second kappa shape index (κ2) is 35.1. The number of aliphatic hydroxyl groups excluding tert-OH is 1. The topological polar surface area (TPSA) is 410 Å². The van der Waals surface area contributed by atoms with E-state index in [1.807, 2.05) is 45.0 Å². The van der Waals surface area contributed by atoms with Crippen LogP contribution in [0.3, 0.4) is 0 Å². The quantitative estimate of drug-likeness (QED) is 0.0769. The molecule has 0 saturated carbocycles. The average molecular weight is 1410 g/mol. The first kappa shape index (κ1) is 78.9. The maximum atomic E-state index is 13.7. The van der Waals surface area contributed by atoms with E-state index in [9.17, 15) is 62.6 Å². The third-order valence-electron chi connectivity index (χ3n) is 15.2.